The molecular formula is C20H20N4O. The number of benzene rings is 2. The third kappa shape index (κ3) is 3.64. The lowest BCUT2D eigenvalue weighted by Gasteiger charge is -2.23. The summed E-state index contributed by atoms with van der Waals surface area (Å²) in [4.78, 5) is 10.9. The zero-order chi connectivity index (χ0) is 17.8. The predicted molar refractivity (Wildman–Crippen MR) is 102 cm³/mol. The van der Waals surface area contributed by atoms with E-state index < -0.39 is 0 Å². The van der Waals surface area contributed by atoms with Crippen molar-refractivity contribution < 1.29 is 4.74 Å². The lowest BCUT2D eigenvalue weighted by molar-refractivity contribution is 0.401. The maximum atomic E-state index is 5.77. The molecule has 126 valence electrons. The van der Waals surface area contributed by atoms with E-state index in [9.17, 15) is 0 Å². The van der Waals surface area contributed by atoms with Gasteiger partial charge in [-0.25, -0.2) is 4.98 Å². The van der Waals surface area contributed by atoms with Gasteiger partial charge < -0.3 is 15.4 Å². The van der Waals surface area contributed by atoms with Crippen molar-refractivity contribution in [3.63, 3.8) is 0 Å². The van der Waals surface area contributed by atoms with Gasteiger partial charge in [-0.3, -0.25) is 0 Å². The summed E-state index contributed by atoms with van der Waals surface area (Å²) in [5, 5.41) is 0.892. The minimum atomic E-state index is 0.503. The summed E-state index contributed by atoms with van der Waals surface area (Å²) in [5.74, 6) is 3.99. The van der Waals surface area contributed by atoms with Gasteiger partial charge in [-0.2, -0.15) is 4.98 Å². The fourth-order valence-corrected chi connectivity index (χ4v) is 2.77. The highest BCUT2D eigenvalue weighted by Gasteiger charge is 2.10. The Balaban J connectivity index is 1.96. The molecule has 0 bridgehead atoms. The first-order valence-corrected chi connectivity index (χ1v) is 7.96. The zero-order valence-electron chi connectivity index (χ0n) is 14.4. The molecule has 5 nitrogen and oxygen atoms in total. The Kier molecular flexibility index (Phi) is 4.71. The highest BCUT2D eigenvalue weighted by atomic mass is 16.5. The monoisotopic (exact) mass is 332 g/mol. The van der Waals surface area contributed by atoms with Crippen LogP contribution in [0.15, 0.2) is 42.5 Å². The predicted octanol–water partition coefficient (Wildman–Crippen LogP) is 3.17. The van der Waals surface area contributed by atoms with Gasteiger partial charge >= 0.3 is 0 Å². The standard InChI is InChI=1S/C20H20N4O/c1-4-11-24(17-8-6-16(21)7-9-17)13-15-5-10-19-18(12-15)20(25-3)23-14(2)22-19/h1,5-10,12H,11,13,21H2,2-3H3. The van der Waals surface area contributed by atoms with Crippen LogP contribution in [0.5, 0.6) is 5.88 Å². The number of fused-ring (bicyclic) bond motifs is 1. The van der Waals surface area contributed by atoms with Crippen LogP contribution in [0.2, 0.25) is 0 Å². The topological polar surface area (TPSA) is 64.3 Å². The molecule has 0 spiro atoms. The lowest BCUT2D eigenvalue weighted by Crippen LogP contribution is -2.22. The summed E-state index contributed by atoms with van der Waals surface area (Å²) >= 11 is 0. The molecule has 25 heavy (non-hydrogen) atoms. The molecule has 1 heterocycles. The molecule has 0 atom stereocenters. The van der Waals surface area contributed by atoms with Crippen molar-refractivity contribution in [3.05, 3.63) is 53.9 Å². The average molecular weight is 332 g/mol. The number of methoxy groups -OCH3 is 1. The molecule has 0 unspecified atom stereocenters. The number of ether oxygens (including phenoxy) is 1. The van der Waals surface area contributed by atoms with Crippen molar-refractivity contribution in [2.75, 3.05) is 24.3 Å². The lowest BCUT2D eigenvalue weighted by atomic mass is 10.1. The second-order valence-electron chi connectivity index (χ2n) is 5.78. The van der Waals surface area contributed by atoms with Crippen LogP contribution in [0, 0.1) is 19.3 Å². The van der Waals surface area contributed by atoms with E-state index in [0.29, 0.717) is 24.8 Å². The number of hydrogen-bond acceptors (Lipinski definition) is 5. The van der Waals surface area contributed by atoms with Crippen molar-refractivity contribution in [2.45, 2.75) is 13.5 Å². The number of nitrogens with two attached hydrogens (primary N) is 1. The minimum absolute atomic E-state index is 0.503. The van der Waals surface area contributed by atoms with Crippen LogP contribution in [0.25, 0.3) is 10.9 Å². The van der Waals surface area contributed by atoms with Crippen molar-refractivity contribution >= 4 is 22.3 Å². The van der Waals surface area contributed by atoms with Gasteiger partial charge in [0.15, 0.2) is 0 Å². The van der Waals surface area contributed by atoms with Crippen LogP contribution in [0.3, 0.4) is 0 Å². The molecule has 3 rings (SSSR count). The molecule has 0 saturated heterocycles. The smallest absolute Gasteiger partial charge is 0.224 e. The number of anilines is 2. The highest BCUT2D eigenvalue weighted by molar-refractivity contribution is 5.84. The first-order valence-electron chi connectivity index (χ1n) is 7.96. The second-order valence-corrected chi connectivity index (χ2v) is 5.78. The van der Waals surface area contributed by atoms with Crippen LogP contribution in [0.1, 0.15) is 11.4 Å². The molecule has 2 aromatic carbocycles. The van der Waals surface area contributed by atoms with E-state index in [0.717, 1.165) is 27.8 Å². The van der Waals surface area contributed by atoms with Crippen LogP contribution in [-0.4, -0.2) is 23.6 Å². The number of nitrogen functional groups attached to an aromatic ring is 1. The quantitative estimate of drug-likeness (QED) is 0.574. The third-order valence-electron chi connectivity index (χ3n) is 3.94. The number of aromatic nitrogens is 2. The molecular weight excluding hydrogens is 312 g/mol. The Hall–Kier alpha value is -3.26. The van der Waals surface area contributed by atoms with Crippen LogP contribution >= 0.6 is 0 Å². The van der Waals surface area contributed by atoms with E-state index >= 15 is 0 Å². The molecule has 5 heteroatoms. The number of rotatable bonds is 5. The summed E-state index contributed by atoms with van der Waals surface area (Å²) in [6.07, 6.45) is 5.55. The minimum Gasteiger partial charge on any atom is -0.480 e. The van der Waals surface area contributed by atoms with E-state index in [1.54, 1.807) is 7.11 Å². The first kappa shape index (κ1) is 16.6. The Morgan fingerprint density at radius 2 is 1.92 bits per heavy atom. The van der Waals surface area contributed by atoms with E-state index in [-0.39, 0.29) is 0 Å². The first-order chi connectivity index (χ1) is 12.1. The highest BCUT2D eigenvalue weighted by Crippen LogP contribution is 2.25. The maximum absolute atomic E-state index is 5.77. The summed E-state index contributed by atoms with van der Waals surface area (Å²) < 4.78 is 5.40. The maximum Gasteiger partial charge on any atom is 0.224 e. The van der Waals surface area contributed by atoms with Gasteiger partial charge in [0, 0.05) is 17.9 Å². The van der Waals surface area contributed by atoms with Gasteiger partial charge in [0.1, 0.15) is 5.82 Å². The van der Waals surface area contributed by atoms with Crippen LogP contribution in [0.4, 0.5) is 11.4 Å². The Morgan fingerprint density at radius 3 is 2.60 bits per heavy atom. The molecule has 0 amide bonds. The second kappa shape index (κ2) is 7.10. The Bertz CT molecular complexity index is 929. The Labute approximate surface area is 147 Å². The molecule has 0 aliphatic heterocycles. The molecule has 2 N–H and O–H groups in total. The third-order valence-corrected chi connectivity index (χ3v) is 3.94. The van der Waals surface area contributed by atoms with Gasteiger partial charge in [-0.15, -0.1) is 6.42 Å². The molecule has 0 aliphatic rings. The summed E-state index contributed by atoms with van der Waals surface area (Å²) in [5.41, 5.74) is 9.50. The van der Waals surface area contributed by atoms with Crippen molar-refractivity contribution in [1.29, 1.82) is 0 Å². The summed E-state index contributed by atoms with van der Waals surface area (Å²) in [6.45, 7) is 3.02. The fraction of sp³-hybridized carbons (Fsp3) is 0.200. The van der Waals surface area contributed by atoms with Gasteiger partial charge in [0.2, 0.25) is 5.88 Å². The van der Waals surface area contributed by atoms with Gasteiger partial charge in [0.05, 0.1) is 24.6 Å². The van der Waals surface area contributed by atoms with Crippen molar-refractivity contribution in [1.82, 2.24) is 9.97 Å². The van der Waals surface area contributed by atoms with Crippen molar-refractivity contribution in [3.8, 4) is 18.2 Å². The molecule has 3 aromatic rings. The van der Waals surface area contributed by atoms with Crippen LogP contribution < -0.4 is 15.4 Å². The molecule has 1 aromatic heterocycles. The molecule has 0 saturated carbocycles. The van der Waals surface area contributed by atoms with E-state index in [1.807, 2.05) is 37.3 Å². The van der Waals surface area contributed by atoms with Crippen LogP contribution in [-0.2, 0) is 6.54 Å². The van der Waals surface area contributed by atoms with E-state index in [1.165, 1.54) is 0 Å². The average Bonchev–Trinajstić information content (AvgIpc) is 2.61. The van der Waals surface area contributed by atoms with Gasteiger partial charge in [-0.05, 0) is 48.9 Å². The normalized spacial score (nSPS) is 10.4. The molecule has 0 fully saturated rings. The number of nitrogens with zero attached hydrogens (tertiary/aromatic N) is 3. The van der Waals surface area contributed by atoms with E-state index in [4.69, 9.17) is 16.9 Å². The summed E-state index contributed by atoms with van der Waals surface area (Å²) in [7, 11) is 1.62. The molecule has 0 aliphatic carbocycles. The largest absolute Gasteiger partial charge is 0.480 e. The van der Waals surface area contributed by atoms with E-state index in [2.05, 4.69) is 32.9 Å². The van der Waals surface area contributed by atoms with Gasteiger partial charge in [-0.1, -0.05) is 12.0 Å². The zero-order valence-corrected chi connectivity index (χ0v) is 14.4. The fourth-order valence-electron chi connectivity index (χ4n) is 2.77. The number of aryl methyl sites for hydroxylation is 1. The molecule has 0 radical (unpaired) electrons. The SMILES string of the molecule is C#CCN(Cc1ccc2nc(C)nc(OC)c2c1)c1ccc(N)cc1. The number of hydrogen-bond donors (Lipinski definition) is 1. The number of terminal acetylenes is 1. The summed E-state index contributed by atoms with van der Waals surface area (Å²) in [6, 6.07) is 13.8. The Morgan fingerprint density at radius 1 is 1.16 bits per heavy atom. The van der Waals surface area contributed by atoms with Gasteiger partial charge in [0.25, 0.3) is 0 Å². The van der Waals surface area contributed by atoms with Crippen molar-refractivity contribution in [2.24, 2.45) is 0 Å².